The van der Waals surface area contributed by atoms with Crippen molar-refractivity contribution in [3.8, 4) is 0 Å². The van der Waals surface area contributed by atoms with E-state index in [1.807, 2.05) is 34.7 Å². The maximum absolute atomic E-state index is 12.7. The highest BCUT2D eigenvalue weighted by Crippen LogP contribution is 2.25. The second-order valence-electron chi connectivity index (χ2n) is 5.77. The van der Waals surface area contributed by atoms with Crippen molar-refractivity contribution in [2.24, 2.45) is 7.05 Å². The Hall–Kier alpha value is -2.35. The van der Waals surface area contributed by atoms with Gasteiger partial charge in [0, 0.05) is 18.7 Å². The van der Waals surface area contributed by atoms with Crippen LogP contribution in [0.2, 0.25) is 0 Å². The molecule has 0 saturated carbocycles. The molecule has 1 amide bonds. The Balaban J connectivity index is 2.00. The fraction of sp³-hybridized carbons (Fsp3) is 0.400. The Morgan fingerprint density at radius 2 is 2.04 bits per heavy atom. The summed E-state index contributed by atoms with van der Waals surface area (Å²) in [6.45, 7) is 7.82. The summed E-state index contributed by atoms with van der Waals surface area (Å²) in [6, 6.07) is 1.77. The van der Waals surface area contributed by atoms with Gasteiger partial charge in [-0.1, -0.05) is 25.2 Å². The van der Waals surface area contributed by atoms with Gasteiger partial charge >= 0.3 is 0 Å². The van der Waals surface area contributed by atoms with Gasteiger partial charge in [0.15, 0.2) is 5.65 Å². The van der Waals surface area contributed by atoms with Gasteiger partial charge in [0.2, 0.25) is 5.13 Å². The highest BCUT2D eigenvalue weighted by molar-refractivity contribution is 7.15. The molecule has 3 heterocycles. The molecule has 3 rings (SSSR count). The number of aryl methyl sites for hydroxylation is 3. The molecule has 0 spiro atoms. The van der Waals surface area contributed by atoms with Gasteiger partial charge in [-0.2, -0.15) is 5.10 Å². The summed E-state index contributed by atoms with van der Waals surface area (Å²) in [6.07, 6.45) is 0. The van der Waals surface area contributed by atoms with Gasteiger partial charge in [0.1, 0.15) is 5.01 Å². The first kappa shape index (κ1) is 15.5. The van der Waals surface area contributed by atoms with Gasteiger partial charge in [0.05, 0.1) is 16.6 Å². The topological polar surface area (TPSA) is 85.6 Å². The van der Waals surface area contributed by atoms with E-state index < -0.39 is 0 Å². The van der Waals surface area contributed by atoms with Crippen molar-refractivity contribution in [2.45, 2.75) is 33.6 Å². The van der Waals surface area contributed by atoms with Crippen molar-refractivity contribution in [3.63, 3.8) is 0 Å². The Kier molecular flexibility index (Phi) is 3.85. The summed E-state index contributed by atoms with van der Waals surface area (Å²) in [5.74, 6) is 0.0663. The lowest BCUT2D eigenvalue weighted by molar-refractivity contribution is 0.102. The van der Waals surface area contributed by atoms with Crippen molar-refractivity contribution in [3.05, 3.63) is 28.0 Å². The summed E-state index contributed by atoms with van der Waals surface area (Å²) in [5.41, 5.74) is 2.80. The molecule has 0 radical (unpaired) electrons. The zero-order valence-corrected chi connectivity index (χ0v) is 14.5. The van der Waals surface area contributed by atoms with E-state index in [2.05, 4.69) is 25.6 Å². The van der Waals surface area contributed by atoms with Crippen molar-refractivity contribution < 1.29 is 4.79 Å². The number of nitrogens with one attached hydrogen (secondary N) is 1. The SMILES string of the molecule is Cc1cc(C(=O)Nc2nnc(C(C)C)s2)c2c(C)nn(C)c2n1. The fourth-order valence-electron chi connectivity index (χ4n) is 2.43. The van der Waals surface area contributed by atoms with Crippen LogP contribution in [-0.4, -0.2) is 30.9 Å². The van der Waals surface area contributed by atoms with Crippen molar-refractivity contribution in [1.82, 2.24) is 25.0 Å². The van der Waals surface area contributed by atoms with Crippen LogP contribution in [0.4, 0.5) is 5.13 Å². The number of amides is 1. The number of rotatable bonds is 3. The van der Waals surface area contributed by atoms with Crippen LogP contribution in [0.5, 0.6) is 0 Å². The number of hydrogen-bond acceptors (Lipinski definition) is 6. The molecule has 1 N–H and O–H groups in total. The van der Waals surface area contributed by atoms with Crippen LogP contribution in [0.1, 0.15) is 46.5 Å². The lowest BCUT2D eigenvalue weighted by atomic mass is 10.1. The molecule has 0 fully saturated rings. The Bertz CT molecular complexity index is 895. The van der Waals surface area contributed by atoms with Crippen LogP contribution < -0.4 is 5.32 Å². The second-order valence-corrected chi connectivity index (χ2v) is 6.78. The Morgan fingerprint density at radius 1 is 1.30 bits per heavy atom. The molecule has 3 aromatic heterocycles. The molecule has 0 saturated heterocycles. The van der Waals surface area contributed by atoms with Crippen LogP contribution in [0.3, 0.4) is 0 Å². The first-order valence-electron chi connectivity index (χ1n) is 7.32. The number of fused-ring (bicyclic) bond motifs is 1. The number of hydrogen-bond donors (Lipinski definition) is 1. The monoisotopic (exact) mass is 330 g/mol. The lowest BCUT2D eigenvalue weighted by Crippen LogP contribution is -2.13. The molecule has 7 nitrogen and oxygen atoms in total. The van der Waals surface area contributed by atoms with E-state index in [0.717, 1.165) is 21.8 Å². The first-order valence-corrected chi connectivity index (χ1v) is 8.14. The van der Waals surface area contributed by atoms with Crippen LogP contribution in [0, 0.1) is 13.8 Å². The molecule has 8 heteroatoms. The summed E-state index contributed by atoms with van der Waals surface area (Å²) in [4.78, 5) is 17.2. The number of nitrogens with zero attached hydrogens (tertiary/aromatic N) is 5. The Labute approximate surface area is 137 Å². The molecule has 0 atom stereocenters. The number of anilines is 1. The minimum absolute atomic E-state index is 0.219. The van der Waals surface area contributed by atoms with Gasteiger partial charge < -0.3 is 0 Å². The third kappa shape index (κ3) is 2.81. The van der Waals surface area contributed by atoms with Gasteiger partial charge in [-0.05, 0) is 19.9 Å². The predicted molar refractivity (Wildman–Crippen MR) is 89.9 cm³/mol. The maximum Gasteiger partial charge on any atom is 0.258 e. The summed E-state index contributed by atoms with van der Waals surface area (Å²) < 4.78 is 1.69. The van der Waals surface area contributed by atoms with Crippen molar-refractivity contribution >= 4 is 33.4 Å². The van der Waals surface area contributed by atoms with Gasteiger partial charge in [-0.25, -0.2) is 4.98 Å². The highest BCUT2D eigenvalue weighted by Gasteiger charge is 2.19. The summed E-state index contributed by atoms with van der Waals surface area (Å²) in [7, 11) is 1.82. The quantitative estimate of drug-likeness (QED) is 0.798. The standard InChI is InChI=1S/C15H18N6OS/c1-7(2)14-18-19-15(23-14)17-13(22)10-6-8(3)16-12-11(10)9(4)20-21(12)5/h6-7H,1-5H3,(H,17,19,22). The molecule has 0 unspecified atom stereocenters. The molecular weight excluding hydrogens is 312 g/mol. The van der Waals surface area contributed by atoms with Crippen LogP contribution >= 0.6 is 11.3 Å². The fourth-order valence-corrected chi connectivity index (χ4v) is 3.17. The minimum Gasteiger partial charge on any atom is -0.296 e. The zero-order chi connectivity index (χ0) is 16.7. The van der Waals surface area contributed by atoms with E-state index in [1.54, 1.807) is 10.7 Å². The molecule has 0 bridgehead atoms. The van der Waals surface area contributed by atoms with E-state index in [9.17, 15) is 4.79 Å². The predicted octanol–water partition coefficient (Wildman–Crippen LogP) is 2.81. The number of pyridine rings is 1. The molecule has 3 aromatic rings. The zero-order valence-electron chi connectivity index (χ0n) is 13.7. The van der Waals surface area contributed by atoms with Crippen LogP contribution in [0.25, 0.3) is 11.0 Å². The average Bonchev–Trinajstić information content (AvgIpc) is 3.04. The van der Waals surface area contributed by atoms with Crippen molar-refractivity contribution in [2.75, 3.05) is 5.32 Å². The molecule has 0 aliphatic rings. The van der Waals surface area contributed by atoms with Crippen LogP contribution in [0.15, 0.2) is 6.07 Å². The minimum atomic E-state index is -0.219. The molecular formula is C15H18N6OS. The van der Waals surface area contributed by atoms with Gasteiger partial charge in [0.25, 0.3) is 5.91 Å². The van der Waals surface area contributed by atoms with E-state index in [1.165, 1.54) is 11.3 Å². The second kappa shape index (κ2) is 5.69. The number of carbonyl (C=O) groups excluding carboxylic acids is 1. The van der Waals surface area contributed by atoms with Gasteiger partial charge in [-0.15, -0.1) is 10.2 Å². The summed E-state index contributed by atoms with van der Waals surface area (Å²) >= 11 is 1.39. The molecule has 0 aromatic carbocycles. The van der Waals surface area contributed by atoms with E-state index >= 15 is 0 Å². The molecule has 0 aliphatic carbocycles. The number of aromatic nitrogens is 5. The van der Waals surface area contributed by atoms with E-state index in [4.69, 9.17) is 0 Å². The maximum atomic E-state index is 12.7. The number of carbonyl (C=O) groups is 1. The largest absolute Gasteiger partial charge is 0.296 e. The van der Waals surface area contributed by atoms with E-state index in [-0.39, 0.29) is 11.8 Å². The third-order valence-corrected chi connectivity index (χ3v) is 4.64. The lowest BCUT2D eigenvalue weighted by Gasteiger charge is -2.05. The highest BCUT2D eigenvalue weighted by atomic mass is 32.1. The Morgan fingerprint density at radius 3 is 2.70 bits per heavy atom. The summed E-state index contributed by atoms with van der Waals surface area (Å²) in [5, 5.41) is 17.5. The third-order valence-electron chi connectivity index (χ3n) is 3.50. The first-order chi connectivity index (χ1) is 10.9. The smallest absolute Gasteiger partial charge is 0.258 e. The molecule has 120 valence electrons. The van der Waals surface area contributed by atoms with E-state index in [0.29, 0.717) is 16.3 Å². The molecule has 23 heavy (non-hydrogen) atoms. The average molecular weight is 330 g/mol. The van der Waals surface area contributed by atoms with Crippen LogP contribution in [-0.2, 0) is 7.05 Å². The van der Waals surface area contributed by atoms with Crippen molar-refractivity contribution in [1.29, 1.82) is 0 Å². The normalized spacial score (nSPS) is 11.4. The van der Waals surface area contributed by atoms with Gasteiger partial charge in [-0.3, -0.25) is 14.8 Å². The molecule has 0 aliphatic heterocycles.